The second-order valence-corrected chi connectivity index (χ2v) is 9.71. The molecular formula is C23H30ClN5O3. The molecular weight excluding hydrogens is 430 g/mol. The molecule has 1 amide bonds. The van der Waals surface area contributed by atoms with Crippen LogP contribution in [0.5, 0.6) is 0 Å². The van der Waals surface area contributed by atoms with Crippen LogP contribution in [0.4, 0.5) is 16.3 Å². The molecule has 2 aliphatic rings. The molecule has 172 valence electrons. The van der Waals surface area contributed by atoms with Gasteiger partial charge in [-0.05, 0) is 56.3 Å². The van der Waals surface area contributed by atoms with E-state index in [1.165, 1.54) is 0 Å². The largest absolute Gasteiger partial charge is 0.444 e. The van der Waals surface area contributed by atoms with Crippen molar-refractivity contribution in [2.45, 2.75) is 63.8 Å². The first kappa shape index (κ1) is 22.6. The highest BCUT2D eigenvalue weighted by atomic mass is 35.5. The molecule has 2 heterocycles. The maximum absolute atomic E-state index is 12.1. The van der Waals surface area contributed by atoms with Gasteiger partial charge in [-0.25, -0.2) is 9.78 Å². The van der Waals surface area contributed by atoms with Crippen molar-refractivity contribution < 1.29 is 14.6 Å². The average Bonchev–Trinajstić information content (AvgIpc) is 3.03. The van der Waals surface area contributed by atoms with Crippen LogP contribution in [0, 0.1) is 0 Å². The lowest BCUT2D eigenvalue weighted by Crippen LogP contribution is -2.46. The van der Waals surface area contributed by atoms with E-state index in [4.69, 9.17) is 16.3 Å². The van der Waals surface area contributed by atoms with Gasteiger partial charge in [0.25, 0.3) is 0 Å². The summed E-state index contributed by atoms with van der Waals surface area (Å²) in [6, 6.07) is 7.81. The summed E-state index contributed by atoms with van der Waals surface area (Å²) in [6.45, 7) is 7.01. The number of aliphatic hydroxyl groups is 1. The minimum Gasteiger partial charge on any atom is -0.444 e. The van der Waals surface area contributed by atoms with Crippen LogP contribution >= 0.6 is 11.6 Å². The van der Waals surface area contributed by atoms with E-state index in [0.29, 0.717) is 12.2 Å². The summed E-state index contributed by atoms with van der Waals surface area (Å²) in [5, 5.41) is 17.2. The van der Waals surface area contributed by atoms with Crippen molar-refractivity contribution in [1.82, 2.24) is 15.3 Å². The molecule has 1 aliphatic heterocycles. The number of rotatable bonds is 4. The summed E-state index contributed by atoms with van der Waals surface area (Å²) < 4.78 is 5.37. The quantitative estimate of drug-likeness (QED) is 0.599. The number of hydrogen-bond donors (Lipinski definition) is 3. The van der Waals surface area contributed by atoms with Crippen LogP contribution in [0.3, 0.4) is 0 Å². The Morgan fingerprint density at radius 1 is 1.25 bits per heavy atom. The molecule has 0 bridgehead atoms. The summed E-state index contributed by atoms with van der Waals surface area (Å²) in [4.78, 5) is 22.9. The zero-order chi connectivity index (χ0) is 22.9. The predicted octanol–water partition coefficient (Wildman–Crippen LogP) is 3.69. The van der Waals surface area contributed by atoms with Crippen molar-refractivity contribution in [2.75, 3.05) is 23.3 Å². The number of anilines is 2. The highest BCUT2D eigenvalue weighted by molar-refractivity contribution is 6.28. The summed E-state index contributed by atoms with van der Waals surface area (Å²) in [5.41, 5.74) is 2.52. The third-order valence-corrected chi connectivity index (χ3v) is 5.97. The first-order chi connectivity index (χ1) is 15.2. The van der Waals surface area contributed by atoms with E-state index < -0.39 is 11.7 Å². The van der Waals surface area contributed by atoms with Gasteiger partial charge >= 0.3 is 6.09 Å². The van der Waals surface area contributed by atoms with Gasteiger partial charge < -0.3 is 25.4 Å². The van der Waals surface area contributed by atoms with Crippen molar-refractivity contribution in [2.24, 2.45) is 0 Å². The fraction of sp³-hybridized carbons (Fsp3) is 0.522. The van der Waals surface area contributed by atoms with Crippen LogP contribution in [-0.2, 0) is 11.2 Å². The Morgan fingerprint density at radius 3 is 2.69 bits per heavy atom. The normalized spacial score (nSPS) is 21.2. The van der Waals surface area contributed by atoms with E-state index in [2.05, 4.69) is 25.5 Å². The number of aromatic nitrogens is 2. The Labute approximate surface area is 193 Å². The van der Waals surface area contributed by atoms with Gasteiger partial charge in [-0.3, -0.25) is 0 Å². The molecule has 1 fully saturated rings. The number of piperidine rings is 1. The van der Waals surface area contributed by atoms with Crippen molar-refractivity contribution in [3.63, 3.8) is 0 Å². The van der Waals surface area contributed by atoms with Gasteiger partial charge in [-0.1, -0.05) is 24.3 Å². The van der Waals surface area contributed by atoms with Crippen LogP contribution in [0.15, 0.2) is 30.5 Å². The molecule has 32 heavy (non-hydrogen) atoms. The number of aliphatic hydroxyl groups excluding tert-OH is 1. The maximum Gasteiger partial charge on any atom is 0.407 e. The SMILES string of the molecule is CC(C)(C)OC(=O)NC1CCN(c2cnc(Cl)nc2N[C@H]2c3ccccc3C[C@H]2O)CC1. The van der Waals surface area contributed by atoms with Gasteiger partial charge in [0.15, 0.2) is 5.82 Å². The third-order valence-electron chi connectivity index (χ3n) is 5.79. The van der Waals surface area contributed by atoms with Crippen molar-refractivity contribution in [1.29, 1.82) is 0 Å². The van der Waals surface area contributed by atoms with Crippen molar-refractivity contribution >= 4 is 29.2 Å². The molecule has 9 heteroatoms. The van der Waals surface area contributed by atoms with Crippen molar-refractivity contribution in [3.8, 4) is 0 Å². The topological polar surface area (TPSA) is 99.6 Å². The Bertz CT molecular complexity index is 972. The van der Waals surface area contributed by atoms with E-state index >= 15 is 0 Å². The van der Waals surface area contributed by atoms with Gasteiger partial charge in [0.05, 0.1) is 24.0 Å². The second-order valence-electron chi connectivity index (χ2n) is 9.37. The number of carbonyl (C=O) groups is 1. The molecule has 3 N–H and O–H groups in total. The molecule has 0 radical (unpaired) electrons. The van der Waals surface area contributed by atoms with Gasteiger partial charge in [-0.2, -0.15) is 4.98 Å². The molecule has 1 aromatic heterocycles. The van der Waals surface area contributed by atoms with Crippen LogP contribution < -0.4 is 15.5 Å². The molecule has 8 nitrogen and oxygen atoms in total. The average molecular weight is 460 g/mol. The molecule has 1 aliphatic carbocycles. The number of halogens is 1. The van der Waals surface area contributed by atoms with Crippen LogP contribution in [-0.4, -0.2) is 52.0 Å². The van der Waals surface area contributed by atoms with Crippen LogP contribution in [0.1, 0.15) is 50.8 Å². The summed E-state index contributed by atoms with van der Waals surface area (Å²) >= 11 is 6.11. The number of hydrogen-bond acceptors (Lipinski definition) is 7. The highest BCUT2D eigenvalue weighted by Gasteiger charge is 2.32. The molecule has 0 spiro atoms. The lowest BCUT2D eigenvalue weighted by atomic mass is 10.0. The summed E-state index contributed by atoms with van der Waals surface area (Å²) in [5.74, 6) is 0.601. The number of fused-ring (bicyclic) bond motifs is 1. The van der Waals surface area contributed by atoms with Crippen LogP contribution in [0.25, 0.3) is 0 Å². The van der Waals surface area contributed by atoms with Gasteiger partial charge in [0.2, 0.25) is 5.28 Å². The number of benzene rings is 1. The summed E-state index contributed by atoms with van der Waals surface area (Å²) in [6.07, 6.45) is 2.93. The number of carbonyl (C=O) groups excluding carboxylic acids is 1. The first-order valence-corrected chi connectivity index (χ1v) is 11.4. The monoisotopic (exact) mass is 459 g/mol. The van der Waals surface area contributed by atoms with Crippen LogP contribution in [0.2, 0.25) is 5.28 Å². The zero-order valence-corrected chi connectivity index (χ0v) is 19.4. The lowest BCUT2D eigenvalue weighted by Gasteiger charge is -2.35. The number of nitrogens with one attached hydrogen (secondary N) is 2. The number of amides is 1. The Hall–Kier alpha value is -2.58. The highest BCUT2D eigenvalue weighted by Crippen LogP contribution is 2.36. The van der Waals surface area contributed by atoms with E-state index in [1.807, 2.05) is 45.0 Å². The molecule has 2 aromatic rings. The second kappa shape index (κ2) is 9.11. The molecule has 1 aromatic carbocycles. The van der Waals surface area contributed by atoms with E-state index in [9.17, 15) is 9.90 Å². The molecule has 2 atom stereocenters. The third kappa shape index (κ3) is 5.24. The number of alkyl carbamates (subject to hydrolysis) is 1. The van der Waals surface area contributed by atoms with Gasteiger partial charge in [0, 0.05) is 25.6 Å². The zero-order valence-electron chi connectivity index (χ0n) is 18.6. The molecule has 0 unspecified atom stereocenters. The Balaban J connectivity index is 1.44. The first-order valence-electron chi connectivity index (χ1n) is 11.0. The lowest BCUT2D eigenvalue weighted by molar-refractivity contribution is 0.0497. The molecule has 1 saturated heterocycles. The number of ether oxygens (including phenoxy) is 1. The minimum absolute atomic E-state index is 0.0502. The maximum atomic E-state index is 12.1. The summed E-state index contributed by atoms with van der Waals surface area (Å²) in [7, 11) is 0. The van der Waals surface area contributed by atoms with Crippen molar-refractivity contribution in [3.05, 3.63) is 46.9 Å². The minimum atomic E-state index is -0.544. The number of nitrogens with zero attached hydrogens (tertiary/aromatic N) is 3. The van der Waals surface area contributed by atoms with E-state index in [0.717, 1.165) is 42.7 Å². The Morgan fingerprint density at radius 2 is 1.97 bits per heavy atom. The Kier molecular flexibility index (Phi) is 6.44. The smallest absolute Gasteiger partial charge is 0.407 e. The van der Waals surface area contributed by atoms with Gasteiger partial charge in [0.1, 0.15) is 5.60 Å². The predicted molar refractivity (Wildman–Crippen MR) is 124 cm³/mol. The van der Waals surface area contributed by atoms with E-state index in [1.54, 1.807) is 6.20 Å². The standard InChI is InChI=1S/C23H30ClN5O3/c1-23(2,3)32-22(31)26-15-8-10-29(11-9-15)17-13-25-21(24)28-20(17)27-19-16-7-5-4-6-14(16)12-18(19)30/h4-7,13,15,18-19,30H,8-12H2,1-3H3,(H,26,31)(H,25,27,28)/t18-,19+/m1/s1. The molecule has 4 rings (SSSR count). The fourth-order valence-electron chi connectivity index (χ4n) is 4.33. The fourth-order valence-corrected chi connectivity index (χ4v) is 4.46. The molecule has 0 saturated carbocycles. The van der Waals surface area contributed by atoms with E-state index in [-0.39, 0.29) is 23.5 Å². The van der Waals surface area contributed by atoms with Gasteiger partial charge in [-0.15, -0.1) is 0 Å².